The highest BCUT2D eigenvalue weighted by atomic mass is 16.5. The van der Waals surface area contributed by atoms with Gasteiger partial charge < -0.3 is 14.2 Å². The van der Waals surface area contributed by atoms with Crippen LogP contribution in [0.5, 0.6) is 0 Å². The molecule has 0 radical (unpaired) electrons. The number of benzene rings is 2. The predicted molar refractivity (Wildman–Crippen MR) is 92.4 cm³/mol. The summed E-state index contributed by atoms with van der Waals surface area (Å²) in [6.07, 6.45) is 0.865. The highest BCUT2D eigenvalue weighted by Crippen LogP contribution is 2.25. The van der Waals surface area contributed by atoms with Gasteiger partial charge in [0.1, 0.15) is 0 Å². The van der Waals surface area contributed by atoms with Crippen LogP contribution in [-0.2, 0) is 27.2 Å². The Labute approximate surface area is 139 Å². The van der Waals surface area contributed by atoms with Crippen LogP contribution in [0.25, 0.3) is 0 Å². The van der Waals surface area contributed by atoms with Gasteiger partial charge in [0.15, 0.2) is 0 Å². The first kappa shape index (κ1) is 17.7. The smallest absolute Gasteiger partial charge is 0.0717 e. The molecule has 0 unspecified atom stereocenters. The van der Waals surface area contributed by atoms with E-state index >= 15 is 0 Å². The number of hydrogen-bond donors (Lipinski definition) is 0. The van der Waals surface area contributed by atoms with Gasteiger partial charge in [-0.2, -0.15) is 0 Å². The van der Waals surface area contributed by atoms with Crippen molar-refractivity contribution in [3.05, 3.63) is 71.8 Å². The molecule has 0 aliphatic carbocycles. The van der Waals surface area contributed by atoms with E-state index in [1.807, 2.05) is 24.3 Å². The fourth-order valence-electron chi connectivity index (χ4n) is 2.88. The minimum absolute atomic E-state index is 0.181. The maximum absolute atomic E-state index is 6.00. The van der Waals surface area contributed by atoms with Crippen LogP contribution in [0, 0.1) is 5.41 Å². The SMILES string of the molecule is COCC(COC)(COCc1ccccc1)Cc1ccccc1. The second-order valence-corrected chi connectivity index (χ2v) is 6.01. The molecule has 0 aliphatic heterocycles. The molecule has 0 saturated carbocycles. The quantitative estimate of drug-likeness (QED) is 0.669. The lowest BCUT2D eigenvalue weighted by Crippen LogP contribution is -2.38. The lowest BCUT2D eigenvalue weighted by Gasteiger charge is -2.32. The second kappa shape index (κ2) is 9.46. The predicted octanol–water partition coefficient (Wildman–Crippen LogP) is 3.73. The van der Waals surface area contributed by atoms with Crippen molar-refractivity contribution in [2.75, 3.05) is 34.0 Å². The van der Waals surface area contributed by atoms with Gasteiger partial charge in [0.05, 0.1) is 26.4 Å². The average molecular weight is 314 g/mol. The largest absolute Gasteiger partial charge is 0.384 e. The summed E-state index contributed by atoms with van der Waals surface area (Å²) >= 11 is 0. The molecule has 3 nitrogen and oxygen atoms in total. The van der Waals surface area contributed by atoms with Crippen LogP contribution < -0.4 is 0 Å². The van der Waals surface area contributed by atoms with Gasteiger partial charge in [0.25, 0.3) is 0 Å². The van der Waals surface area contributed by atoms with Crippen molar-refractivity contribution in [2.24, 2.45) is 5.41 Å². The van der Waals surface area contributed by atoms with Gasteiger partial charge in [-0.25, -0.2) is 0 Å². The second-order valence-electron chi connectivity index (χ2n) is 6.01. The van der Waals surface area contributed by atoms with Crippen LogP contribution in [0.4, 0.5) is 0 Å². The summed E-state index contributed by atoms with van der Waals surface area (Å²) in [6.45, 7) is 2.40. The normalized spacial score (nSPS) is 11.6. The number of methoxy groups -OCH3 is 2. The molecule has 0 aliphatic rings. The summed E-state index contributed by atoms with van der Waals surface area (Å²) < 4.78 is 17.0. The van der Waals surface area contributed by atoms with Crippen LogP contribution in [0.2, 0.25) is 0 Å². The number of rotatable bonds is 10. The molecule has 0 fully saturated rings. The lowest BCUT2D eigenvalue weighted by atomic mass is 9.83. The standard InChI is InChI=1S/C20H26O3/c1-21-15-20(16-22-2,13-18-9-5-3-6-10-18)17-23-14-19-11-7-4-8-12-19/h3-12H,13-17H2,1-2H3. The summed E-state index contributed by atoms with van der Waals surface area (Å²) in [5.41, 5.74) is 2.26. The van der Waals surface area contributed by atoms with Gasteiger partial charge >= 0.3 is 0 Å². The van der Waals surface area contributed by atoms with Crippen molar-refractivity contribution in [3.63, 3.8) is 0 Å². The molecule has 0 N–H and O–H groups in total. The molecule has 2 rings (SSSR count). The van der Waals surface area contributed by atoms with Crippen molar-refractivity contribution in [1.82, 2.24) is 0 Å². The van der Waals surface area contributed by atoms with Crippen molar-refractivity contribution >= 4 is 0 Å². The Hall–Kier alpha value is -1.68. The third-order valence-electron chi connectivity index (χ3n) is 3.84. The zero-order valence-electron chi connectivity index (χ0n) is 14.0. The van der Waals surface area contributed by atoms with Crippen molar-refractivity contribution in [2.45, 2.75) is 13.0 Å². The Morgan fingerprint density at radius 1 is 0.696 bits per heavy atom. The van der Waals surface area contributed by atoms with E-state index < -0.39 is 0 Å². The van der Waals surface area contributed by atoms with Gasteiger partial charge in [-0.15, -0.1) is 0 Å². The van der Waals surface area contributed by atoms with E-state index in [0.29, 0.717) is 26.4 Å². The molecule has 0 aromatic heterocycles. The molecule has 124 valence electrons. The van der Waals surface area contributed by atoms with E-state index in [4.69, 9.17) is 14.2 Å². The van der Waals surface area contributed by atoms with Gasteiger partial charge in [-0.05, 0) is 17.5 Å². The Bertz CT molecular complexity index is 533. The molecule has 0 amide bonds. The molecule has 0 bridgehead atoms. The van der Waals surface area contributed by atoms with E-state index in [-0.39, 0.29) is 5.41 Å². The Kier molecular flexibility index (Phi) is 7.27. The van der Waals surface area contributed by atoms with Crippen LogP contribution in [0.15, 0.2) is 60.7 Å². The van der Waals surface area contributed by atoms with Crippen molar-refractivity contribution in [1.29, 1.82) is 0 Å². The van der Waals surface area contributed by atoms with Crippen molar-refractivity contribution in [3.8, 4) is 0 Å². The molecule has 0 saturated heterocycles. The topological polar surface area (TPSA) is 27.7 Å². The minimum Gasteiger partial charge on any atom is -0.384 e. The number of ether oxygens (including phenoxy) is 3. The molecule has 2 aromatic carbocycles. The third-order valence-corrected chi connectivity index (χ3v) is 3.84. The molecule has 0 heterocycles. The zero-order chi connectivity index (χ0) is 16.4. The highest BCUT2D eigenvalue weighted by molar-refractivity contribution is 5.17. The molecule has 0 atom stereocenters. The van der Waals surface area contributed by atoms with E-state index in [9.17, 15) is 0 Å². The first-order valence-corrected chi connectivity index (χ1v) is 7.91. The maximum Gasteiger partial charge on any atom is 0.0717 e. The summed E-state index contributed by atoms with van der Waals surface area (Å²) in [6, 6.07) is 20.6. The van der Waals surface area contributed by atoms with E-state index in [1.54, 1.807) is 14.2 Å². The Balaban J connectivity index is 2.02. The molecular weight excluding hydrogens is 288 g/mol. The number of hydrogen-bond acceptors (Lipinski definition) is 3. The fourth-order valence-corrected chi connectivity index (χ4v) is 2.88. The van der Waals surface area contributed by atoms with E-state index in [2.05, 4.69) is 36.4 Å². The van der Waals surface area contributed by atoms with Gasteiger partial charge in [0, 0.05) is 19.6 Å². The third kappa shape index (κ3) is 5.79. The van der Waals surface area contributed by atoms with Crippen LogP contribution in [0.1, 0.15) is 11.1 Å². The van der Waals surface area contributed by atoms with Crippen LogP contribution in [-0.4, -0.2) is 34.0 Å². The van der Waals surface area contributed by atoms with E-state index in [0.717, 1.165) is 6.42 Å². The van der Waals surface area contributed by atoms with Gasteiger partial charge in [0.2, 0.25) is 0 Å². The molecule has 23 heavy (non-hydrogen) atoms. The van der Waals surface area contributed by atoms with Crippen LogP contribution >= 0.6 is 0 Å². The monoisotopic (exact) mass is 314 g/mol. The maximum atomic E-state index is 6.00. The summed E-state index contributed by atoms with van der Waals surface area (Å²) in [4.78, 5) is 0. The molecule has 2 aromatic rings. The van der Waals surface area contributed by atoms with Gasteiger partial charge in [-0.1, -0.05) is 60.7 Å². The van der Waals surface area contributed by atoms with Crippen molar-refractivity contribution < 1.29 is 14.2 Å². The summed E-state index contributed by atoms with van der Waals surface area (Å²) in [5, 5.41) is 0. The van der Waals surface area contributed by atoms with Gasteiger partial charge in [-0.3, -0.25) is 0 Å². The minimum atomic E-state index is -0.181. The lowest BCUT2D eigenvalue weighted by molar-refractivity contribution is -0.0544. The summed E-state index contributed by atoms with van der Waals surface area (Å²) in [5.74, 6) is 0. The summed E-state index contributed by atoms with van der Waals surface area (Å²) in [7, 11) is 3.46. The van der Waals surface area contributed by atoms with Crippen LogP contribution in [0.3, 0.4) is 0 Å². The molecule has 0 spiro atoms. The molecular formula is C20H26O3. The fraction of sp³-hybridized carbons (Fsp3) is 0.400. The average Bonchev–Trinajstić information content (AvgIpc) is 2.57. The molecule has 3 heteroatoms. The first-order valence-electron chi connectivity index (χ1n) is 7.91. The highest BCUT2D eigenvalue weighted by Gasteiger charge is 2.31. The first-order chi connectivity index (χ1) is 11.3. The van der Waals surface area contributed by atoms with E-state index in [1.165, 1.54) is 11.1 Å². The Morgan fingerprint density at radius 2 is 1.22 bits per heavy atom. The zero-order valence-corrected chi connectivity index (χ0v) is 14.0. The Morgan fingerprint density at radius 3 is 1.74 bits per heavy atom.